The SMILES string of the molecule is CC(=O)c1cccc(NC(=O)c2ccc(CS(=O)(=O)N3CCOCC3)cc2)c1. The Morgan fingerprint density at radius 1 is 1.04 bits per heavy atom. The van der Waals surface area contributed by atoms with E-state index in [1.165, 1.54) is 11.2 Å². The molecule has 1 N–H and O–H groups in total. The first-order valence-corrected chi connectivity index (χ1v) is 10.5. The number of morpholine rings is 1. The van der Waals surface area contributed by atoms with Crippen molar-refractivity contribution in [3.63, 3.8) is 0 Å². The summed E-state index contributed by atoms with van der Waals surface area (Å²) in [7, 11) is -3.41. The molecule has 0 aromatic heterocycles. The van der Waals surface area contributed by atoms with Gasteiger partial charge in [0.15, 0.2) is 5.78 Å². The van der Waals surface area contributed by atoms with Gasteiger partial charge in [0.05, 0.1) is 19.0 Å². The molecule has 1 heterocycles. The summed E-state index contributed by atoms with van der Waals surface area (Å²) in [4.78, 5) is 23.8. The van der Waals surface area contributed by atoms with Crippen molar-refractivity contribution in [2.75, 3.05) is 31.6 Å². The number of rotatable bonds is 6. The van der Waals surface area contributed by atoms with E-state index in [4.69, 9.17) is 4.74 Å². The summed E-state index contributed by atoms with van der Waals surface area (Å²) in [6.07, 6.45) is 0. The molecule has 28 heavy (non-hydrogen) atoms. The molecule has 1 saturated heterocycles. The standard InChI is InChI=1S/C20H22N2O5S/c1-15(23)18-3-2-4-19(13-18)21-20(24)17-7-5-16(6-8-17)14-28(25,26)22-9-11-27-12-10-22/h2-8,13H,9-12,14H2,1H3,(H,21,24). The topological polar surface area (TPSA) is 92.8 Å². The number of benzene rings is 2. The van der Waals surface area contributed by atoms with Gasteiger partial charge in [-0.05, 0) is 36.8 Å². The van der Waals surface area contributed by atoms with Crippen molar-refractivity contribution in [3.05, 3.63) is 65.2 Å². The summed E-state index contributed by atoms with van der Waals surface area (Å²) in [5.41, 5.74) is 2.06. The molecule has 0 unspecified atom stereocenters. The van der Waals surface area contributed by atoms with Crippen LogP contribution in [0.3, 0.4) is 0 Å². The Balaban J connectivity index is 1.66. The van der Waals surface area contributed by atoms with E-state index in [0.717, 1.165) is 0 Å². The number of hydrogen-bond donors (Lipinski definition) is 1. The number of carbonyl (C=O) groups excluding carboxylic acids is 2. The first-order valence-electron chi connectivity index (χ1n) is 8.92. The van der Waals surface area contributed by atoms with Gasteiger partial charge in [-0.15, -0.1) is 0 Å². The highest BCUT2D eigenvalue weighted by Crippen LogP contribution is 2.16. The zero-order valence-electron chi connectivity index (χ0n) is 15.6. The van der Waals surface area contributed by atoms with Gasteiger partial charge in [0.2, 0.25) is 10.0 Å². The third-order valence-corrected chi connectivity index (χ3v) is 6.31. The smallest absolute Gasteiger partial charge is 0.255 e. The second-order valence-electron chi connectivity index (χ2n) is 6.56. The van der Waals surface area contributed by atoms with Gasteiger partial charge in [-0.2, -0.15) is 4.31 Å². The second-order valence-corrected chi connectivity index (χ2v) is 8.52. The van der Waals surface area contributed by atoms with Crippen molar-refractivity contribution in [1.82, 2.24) is 4.31 Å². The Bertz CT molecular complexity index is 964. The van der Waals surface area contributed by atoms with E-state index in [9.17, 15) is 18.0 Å². The van der Waals surface area contributed by atoms with Crippen LogP contribution in [-0.2, 0) is 20.5 Å². The van der Waals surface area contributed by atoms with E-state index in [-0.39, 0.29) is 17.4 Å². The first-order chi connectivity index (χ1) is 13.3. The van der Waals surface area contributed by atoms with Crippen molar-refractivity contribution in [2.45, 2.75) is 12.7 Å². The molecule has 1 amide bonds. The van der Waals surface area contributed by atoms with E-state index in [0.29, 0.717) is 48.7 Å². The molecule has 0 atom stereocenters. The van der Waals surface area contributed by atoms with Crippen molar-refractivity contribution < 1.29 is 22.7 Å². The molecule has 2 aromatic carbocycles. The lowest BCUT2D eigenvalue weighted by atomic mass is 10.1. The maximum atomic E-state index is 12.5. The summed E-state index contributed by atoms with van der Waals surface area (Å²) in [6, 6.07) is 13.2. The Hall–Kier alpha value is -2.55. The highest BCUT2D eigenvalue weighted by Gasteiger charge is 2.24. The molecule has 3 rings (SSSR count). The number of nitrogens with one attached hydrogen (secondary N) is 1. The zero-order valence-corrected chi connectivity index (χ0v) is 16.4. The molecular formula is C20H22N2O5S. The summed E-state index contributed by atoms with van der Waals surface area (Å²) in [5.74, 6) is -0.527. The fraction of sp³-hybridized carbons (Fsp3) is 0.300. The normalized spacial score (nSPS) is 15.2. The number of Topliss-reactive ketones (excluding diaryl/α,β-unsaturated/α-hetero) is 1. The Morgan fingerprint density at radius 3 is 2.36 bits per heavy atom. The molecule has 8 heteroatoms. The molecular weight excluding hydrogens is 380 g/mol. The lowest BCUT2D eigenvalue weighted by molar-refractivity contribution is 0.0729. The predicted octanol–water partition coefficient (Wildman–Crippen LogP) is 2.30. The predicted molar refractivity (Wildman–Crippen MR) is 106 cm³/mol. The van der Waals surface area contributed by atoms with Crippen molar-refractivity contribution in [3.8, 4) is 0 Å². The number of ketones is 1. The van der Waals surface area contributed by atoms with Crippen molar-refractivity contribution in [2.24, 2.45) is 0 Å². The van der Waals surface area contributed by atoms with Crippen LogP contribution in [0.25, 0.3) is 0 Å². The van der Waals surface area contributed by atoms with E-state index < -0.39 is 10.0 Å². The van der Waals surface area contributed by atoms with Gasteiger partial charge in [0.1, 0.15) is 0 Å². The maximum Gasteiger partial charge on any atom is 0.255 e. The largest absolute Gasteiger partial charge is 0.379 e. The minimum absolute atomic E-state index is 0.0815. The molecule has 0 radical (unpaired) electrons. The van der Waals surface area contributed by atoms with Gasteiger partial charge in [-0.1, -0.05) is 24.3 Å². The second kappa shape index (κ2) is 8.64. The minimum Gasteiger partial charge on any atom is -0.379 e. The zero-order chi connectivity index (χ0) is 20.1. The number of sulfonamides is 1. The number of hydrogen-bond acceptors (Lipinski definition) is 5. The van der Waals surface area contributed by atoms with Crippen LogP contribution in [0.2, 0.25) is 0 Å². The lowest BCUT2D eigenvalue weighted by Gasteiger charge is -2.26. The van der Waals surface area contributed by atoms with Crippen LogP contribution in [0.4, 0.5) is 5.69 Å². The number of anilines is 1. The van der Waals surface area contributed by atoms with Crippen LogP contribution < -0.4 is 5.32 Å². The average Bonchev–Trinajstić information content (AvgIpc) is 2.69. The average molecular weight is 402 g/mol. The monoisotopic (exact) mass is 402 g/mol. The maximum absolute atomic E-state index is 12.5. The van der Waals surface area contributed by atoms with Crippen LogP contribution in [0.5, 0.6) is 0 Å². The van der Waals surface area contributed by atoms with Crippen LogP contribution in [0.1, 0.15) is 33.2 Å². The van der Waals surface area contributed by atoms with E-state index in [2.05, 4.69) is 5.32 Å². The minimum atomic E-state index is -3.41. The molecule has 1 fully saturated rings. The lowest BCUT2D eigenvalue weighted by Crippen LogP contribution is -2.41. The number of carbonyl (C=O) groups is 2. The number of ether oxygens (including phenoxy) is 1. The molecule has 0 spiro atoms. The summed E-state index contributed by atoms with van der Waals surface area (Å²) in [5, 5.41) is 2.74. The van der Waals surface area contributed by atoms with Crippen LogP contribution >= 0.6 is 0 Å². The van der Waals surface area contributed by atoms with Gasteiger partial charge in [0, 0.05) is 29.9 Å². The van der Waals surface area contributed by atoms with E-state index >= 15 is 0 Å². The number of nitrogens with zero attached hydrogens (tertiary/aromatic N) is 1. The molecule has 2 aromatic rings. The fourth-order valence-electron chi connectivity index (χ4n) is 2.90. The van der Waals surface area contributed by atoms with Crippen LogP contribution in [0, 0.1) is 0 Å². The van der Waals surface area contributed by atoms with Gasteiger partial charge < -0.3 is 10.1 Å². The molecule has 0 bridgehead atoms. The van der Waals surface area contributed by atoms with Crippen molar-refractivity contribution in [1.29, 1.82) is 0 Å². The van der Waals surface area contributed by atoms with Gasteiger partial charge in [-0.3, -0.25) is 9.59 Å². The van der Waals surface area contributed by atoms with Crippen LogP contribution in [0.15, 0.2) is 48.5 Å². The quantitative estimate of drug-likeness (QED) is 0.749. The Labute approximate surface area is 164 Å². The third kappa shape index (κ3) is 5.03. The summed E-state index contributed by atoms with van der Waals surface area (Å²) in [6.45, 7) is 3.00. The third-order valence-electron chi connectivity index (χ3n) is 4.46. The van der Waals surface area contributed by atoms with Gasteiger partial charge >= 0.3 is 0 Å². The first kappa shape index (κ1) is 20.2. The van der Waals surface area contributed by atoms with E-state index in [1.54, 1.807) is 48.5 Å². The molecule has 1 aliphatic rings. The molecule has 1 aliphatic heterocycles. The summed E-state index contributed by atoms with van der Waals surface area (Å²) >= 11 is 0. The van der Waals surface area contributed by atoms with E-state index in [1.807, 2.05) is 0 Å². The van der Waals surface area contributed by atoms with Gasteiger partial charge in [0.25, 0.3) is 5.91 Å². The molecule has 0 aliphatic carbocycles. The highest BCUT2D eigenvalue weighted by molar-refractivity contribution is 7.88. The molecule has 148 valence electrons. The Kier molecular flexibility index (Phi) is 6.23. The highest BCUT2D eigenvalue weighted by atomic mass is 32.2. The molecule has 0 saturated carbocycles. The number of amides is 1. The fourth-order valence-corrected chi connectivity index (χ4v) is 4.40. The molecule has 7 nitrogen and oxygen atoms in total. The summed E-state index contributed by atoms with van der Waals surface area (Å²) < 4.78 is 31.5. The van der Waals surface area contributed by atoms with Crippen LogP contribution in [-0.4, -0.2) is 50.7 Å². The Morgan fingerprint density at radius 2 is 1.71 bits per heavy atom. The van der Waals surface area contributed by atoms with Gasteiger partial charge in [-0.25, -0.2) is 8.42 Å². The van der Waals surface area contributed by atoms with Crippen molar-refractivity contribution >= 4 is 27.4 Å².